The van der Waals surface area contributed by atoms with Gasteiger partial charge in [0, 0.05) is 24.6 Å². The van der Waals surface area contributed by atoms with Crippen molar-refractivity contribution in [3.05, 3.63) is 41.4 Å². The smallest absolute Gasteiger partial charge is 0.208 e. The number of aryl methyl sites for hydroxylation is 3. The van der Waals surface area contributed by atoms with Gasteiger partial charge in [0.25, 0.3) is 0 Å². The quantitative estimate of drug-likeness (QED) is 0.917. The summed E-state index contributed by atoms with van der Waals surface area (Å²) in [5, 5.41) is 3.57. The maximum absolute atomic E-state index is 5.69. The third kappa shape index (κ3) is 4.10. The molecule has 1 aliphatic heterocycles. The minimum absolute atomic E-state index is 0.729. The Morgan fingerprint density at radius 2 is 2.04 bits per heavy atom. The second-order valence-electron chi connectivity index (χ2n) is 6.54. The Bertz CT molecular complexity index is 625. The molecule has 0 atom stereocenters. The number of rotatable bonds is 5. The fourth-order valence-electron chi connectivity index (χ4n) is 3.07. The average molecular weight is 314 g/mol. The van der Waals surface area contributed by atoms with Gasteiger partial charge >= 0.3 is 0 Å². The molecule has 1 fully saturated rings. The van der Waals surface area contributed by atoms with Crippen LogP contribution in [0.2, 0.25) is 0 Å². The van der Waals surface area contributed by atoms with E-state index in [0.717, 1.165) is 49.4 Å². The Labute approximate surface area is 138 Å². The molecule has 1 aliphatic rings. The van der Waals surface area contributed by atoms with Gasteiger partial charge in [-0.1, -0.05) is 0 Å². The molecule has 0 saturated carbocycles. The van der Waals surface area contributed by atoms with Crippen molar-refractivity contribution in [2.75, 3.05) is 25.0 Å². The van der Waals surface area contributed by atoms with E-state index in [2.05, 4.69) is 33.2 Å². The summed E-state index contributed by atoms with van der Waals surface area (Å²) in [4.78, 5) is 11.1. The van der Waals surface area contributed by atoms with Gasteiger partial charge in [-0.2, -0.15) is 0 Å². The van der Waals surface area contributed by atoms with E-state index in [1.54, 1.807) is 0 Å². The van der Waals surface area contributed by atoms with Gasteiger partial charge < -0.3 is 9.73 Å². The summed E-state index contributed by atoms with van der Waals surface area (Å²) < 4.78 is 5.69. The fourth-order valence-corrected chi connectivity index (χ4v) is 3.07. The molecule has 124 valence electrons. The topological polar surface area (TPSA) is 54.2 Å². The van der Waals surface area contributed by atoms with Crippen LogP contribution in [0.3, 0.4) is 0 Å². The average Bonchev–Trinajstić information content (AvgIpc) is 2.86. The minimum atomic E-state index is 0.729. The summed E-state index contributed by atoms with van der Waals surface area (Å²) >= 11 is 0. The minimum Gasteiger partial charge on any atom is -0.444 e. The highest BCUT2D eigenvalue weighted by molar-refractivity contribution is 5.48. The third-order valence-electron chi connectivity index (χ3n) is 4.74. The van der Waals surface area contributed by atoms with Crippen LogP contribution in [-0.4, -0.2) is 34.5 Å². The Kier molecular flexibility index (Phi) is 4.96. The van der Waals surface area contributed by atoms with Crippen molar-refractivity contribution >= 4 is 5.69 Å². The lowest BCUT2D eigenvalue weighted by molar-refractivity contribution is 0.167. The predicted molar refractivity (Wildman–Crippen MR) is 91.4 cm³/mol. The summed E-state index contributed by atoms with van der Waals surface area (Å²) in [5.74, 6) is 2.52. The van der Waals surface area contributed by atoms with E-state index in [9.17, 15) is 0 Å². The summed E-state index contributed by atoms with van der Waals surface area (Å²) in [6, 6.07) is 2.05. The van der Waals surface area contributed by atoms with Crippen molar-refractivity contribution in [2.24, 2.45) is 5.92 Å². The highest BCUT2D eigenvalue weighted by Gasteiger charge is 2.20. The third-order valence-corrected chi connectivity index (χ3v) is 4.74. The normalized spacial score (nSPS) is 16.7. The van der Waals surface area contributed by atoms with E-state index < -0.39 is 0 Å². The van der Waals surface area contributed by atoms with Gasteiger partial charge in [0.05, 0.1) is 12.2 Å². The van der Waals surface area contributed by atoms with Crippen LogP contribution in [0, 0.1) is 26.7 Å². The number of aromatic nitrogens is 2. The first-order valence-corrected chi connectivity index (χ1v) is 8.41. The molecule has 3 rings (SSSR count). The predicted octanol–water partition coefficient (Wildman–Crippen LogP) is 3.32. The van der Waals surface area contributed by atoms with Crippen molar-refractivity contribution in [3.8, 4) is 0 Å². The van der Waals surface area contributed by atoms with E-state index in [1.807, 2.05) is 26.2 Å². The molecule has 3 heterocycles. The van der Waals surface area contributed by atoms with Gasteiger partial charge in [-0.05, 0) is 64.3 Å². The lowest BCUT2D eigenvalue weighted by Crippen LogP contribution is -2.35. The van der Waals surface area contributed by atoms with Crippen LogP contribution in [0.25, 0.3) is 0 Å². The molecule has 0 aliphatic carbocycles. The second-order valence-corrected chi connectivity index (χ2v) is 6.54. The molecule has 0 spiro atoms. The lowest BCUT2D eigenvalue weighted by Gasteiger charge is -2.31. The second kappa shape index (κ2) is 7.13. The zero-order chi connectivity index (χ0) is 16.2. The largest absolute Gasteiger partial charge is 0.444 e. The van der Waals surface area contributed by atoms with Crippen LogP contribution in [-0.2, 0) is 6.54 Å². The van der Waals surface area contributed by atoms with Gasteiger partial charge in [0.2, 0.25) is 5.89 Å². The molecule has 2 aromatic heterocycles. The molecule has 0 aromatic carbocycles. The first-order chi connectivity index (χ1) is 11.1. The fraction of sp³-hybridized carbons (Fsp3) is 0.556. The van der Waals surface area contributed by atoms with Crippen LogP contribution >= 0.6 is 0 Å². The maximum Gasteiger partial charge on any atom is 0.208 e. The summed E-state index contributed by atoms with van der Waals surface area (Å²) in [6.07, 6.45) is 6.19. The van der Waals surface area contributed by atoms with Crippen LogP contribution in [0.4, 0.5) is 5.69 Å². The zero-order valence-corrected chi connectivity index (χ0v) is 14.3. The number of nitrogens with one attached hydrogen (secondary N) is 1. The van der Waals surface area contributed by atoms with E-state index in [1.165, 1.54) is 24.1 Å². The highest BCUT2D eigenvalue weighted by atomic mass is 16.4. The molecule has 0 amide bonds. The van der Waals surface area contributed by atoms with Crippen molar-refractivity contribution in [1.82, 2.24) is 14.9 Å². The van der Waals surface area contributed by atoms with E-state index in [4.69, 9.17) is 4.42 Å². The Morgan fingerprint density at radius 1 is 1.26 bits per heavy atom. The Hall–Kier alpha value is -1.88. The summed E-state index contributed by atoms with van der Waals surface area (Å²) in [5.41, 5.74) is 3.42. The molecule has 0 radical (unpaired) electrons. The van der Waals surface area contributed by atoms with Crippen LogP contribution in [0.15, 0.2) is 22.9 Å². The van der Waals surface area contributed by atoms with Gasteiger partial charge in [-0.25, -0.2) is 4.98 Å². The van der Waals surface area contributed by atoms with Crippen molar-refractivity contribution in [3.63, 3.8) is 0 Å². The molecule has 5 heteroatoms. The Balaban J connectivity index is 1.44. The molecule has 1 saturated heterocycles. The SMILES string of the molecule is Cc1cnccc1NCC1CCN(Cc2nc(C)c(C)o2)CC1. The number of nitrogens with zero attached hydrogens (tertiary/aromatic N) is 3. The van der Waals surface area contributed by atoms with Crippen molar-refractivity contribution in [1.29, 1.82) is 0 Å². The molecular formula is C18H26N4O. The monoisotopic (exact) mass is 314 g/mol. The number of oxazole rings is 1. The molecule has 0 unspecified atom stereocenters. The molecule has 23 heavy (non-hydrogen) atoms. The van der Waals surface area contributed by atoms with E-state index >= 15 is 0 Å². The standard InChI is InChI=1S/C18H26N4O/c1-13-10-19-7-4-17(13)20-11-16-5-8-22(9-6-16)12-18-21-14(2)15(3)23-18/h4,7,10,16H,5-6,8-9,11-12H2,1-3H3,(H,19,20). The molecule has 0 bridgehead atoms. The van der Waals surface area contributed by atoms with Gasteiger partial charge in [0.15, 0.2) is 0 Å². The number of piperidine rings is 1. The summed E-state index contributed by atoms with van der Waals surface area (Å²) in [7, 11) is 0. The number of hydrogen-bond donors (Lipinski definition) is 1. The first-order valence-electron chi connectivity index (χ1n) is 8.41. The highest BCUT2D eigenvalue weighted by Crippen LogP contribution is 2.21. The molecule has 5 nitrogen and oxygen atoms in total. The Morgan fingerprint density at radius 3 is 2.70 bits per heavy atom. The van der Waals surface area contributed by atoms with Gasteiger partial charge in [-0.3, -0.25) is 9.88 Å². The van der Waals surface area contributed by atoms with E-state index in [0.29, 0.717) is 0 Å². The number of pyridine rings is 1. The zero-order valence-electron chi connectivity index (χ0n) is 14.3. The van der Waals surface area contributed by atoms with Gasteiger partial charge in [-0.15, -0.1) is 0 Å². The number of anilines is 1. The first kappa shape index (κ1) is 16.0. The van der Waals surface area contributed by atoms with E-state index in [-0.39, 0.29) is 0 Å². The number of likely N-dealkylation sites (tertiary alicyclic amines) is 1. The van der Waals surface area contributed by atoms with Crippen molar-refractivity contribution in [2.45, 2.75) is 40.2 Å². The molecule has 2 aromatic rings. The van der Waals surface area contributed by atoms with Crippen LogP contribution < -0.4 is 5.32 Å². The molecule has 1 N–H and O–H groups in total. The van der Waals surface area contributed by atoms with Crippen LogP contribution in [0.1, 0.15) is 35.7 Å². The maximum atomic E-state index is 5.69. The van der Waals surface area contributed by atoms with Crippen LogP contribution in [0.5, 0.6) is 0 Å². The lowest BCUT2D eigenvalue weighted by atomic mass is 9.96. The number of hydrogen-bond acceptors (Lipinski definition) is 5. The van der Waals surface area contributed by atoms with Crippen molar-refractivity contribution < 1.29 is 4.42 Å². The van der Waals surface area contributed by atoms with Gasteiger partial charge in [0.1, 0.15) is 5.76 Å². The molecular weight excluding hydrogens is 288 g/mol. The summed E-state index contributed by atoms with van der Waals surface area (Å²) in [6.45, 7) is 10.2.